The summed E-state index contributed by atoms with van der Waals surface area (Å²) in [4.78, 5) is 1.35. The maximum Gasteiger partial charge on any atom is 0.0314 e. The van der Waals surface area contributed by atoms with Crippen LogP contribution in [0.2, 0.25) is 0 Å². The number of rotatable bonds is 4. The van der Waals surface area contributed by atoms with Crippen molar-refractivity contribution in [3.05, 3.63) is 55.1 Å². The molecule has 0 radical (unpaired) electrons. The van der Waals surface area contributed by atoms with Gasteiger partial charge in [-0.15, -0.1) is 22.9 Å². The first-order valence-electron chi connectivity index (χ1n) is 5.24. The number of hydrogen-bond acceptors (Lipinski definition) is 1. The van der Waals surface area contributed by atoms with Crippen molar-refractivity contribution in [3.8, 4) is 0 Å². The molecule has 0 aliphatic heterocycles. The molecule has 0 nitrogen and oxygen atoms in total. The van der Waals surface area contributed by atoms with Gasteiger partial charge in [-0.25, -0.2) is 0 Å². The maximum absolute atomic E-state index is 6.11. The van der Waals surface area contributed by atoms with E-state index in [-0.39, 0.29) is 0 Å². The molecule has 0 N–H and O–H groups in total. The molecule has 1 atom stereocenters. The second-order valence-electron chi connectivity index (χ2n) is 3.77. The van der Waals surface area contributed by atoms with Gasteiger partial charge in [0.15, 0.2) is 0 Å². The van der Waals surface area contributed by atoms with Crippen LogP contribution in [0.5, 0.6) is 0 Å². The third kappa shape index (κ3) is 3.34. The van der Waals surface area contributed by atoms with Gasteiger partial charge in [0.1, 0.15) is 0 Å². The first-order chi connectivity index (χ1) is 8.22. The van der Waals surface area contributed by atoms with Gasteiger partial charge in [0.2, 0.25) is 0 Å². The smallest absolute Gasteiger partial charge is 0.0314 e. The summed E-state index contributed by atoms with van der Waals surface area (Å²) in [5.74, 6) is 0.981. The summed E-state index contributed by atoms with van der Waals surface area (Å²) in [6.07, 6.45) is 0.977. The van der Waals surface area contributed by atoms with Gasteiger partial charge in [-0.1, -0.05) is 34.1 Å². The Labute approximate surface area is 127 Å². The minimum atomic E-state index is 0.349. The molecule has 1 heterocycles. The van der Waals surface area contributed by atoms with E-state index in [0.29, 0.717) is 11.8 Å². The number of hydrogen-bond donors (Lipinski definition) is 0. The topological polar surface area (TPSA) is 0 Å². The summed E-state index contributed by atoms with van der Waals surface area (Å²) in [6, 6.07) is 10.4. The standard InChI is InChI=1S/C13H11Br2ClS/c14-11-4-2-1-3-10(11)9(8-16)7-13-12(15)5-6-17-13/h1-6,9H,7-8H2. The van der Waals surface area contributed by atoms with Gasteiger partial charge in [0.25, 0.3) is 0 Å². The molecule has 2 aromatic rings. The zero-order valence-electron chi connectivity index (χ0n) is 9.00. The quantitative estimate of drug-likeness (QED) is 0.572. The van der Waals surface area contributed by atoms with Gasteiger partial charge in [0, 0.05) is 25.6 Å². The molecule has 4 heteroatoms. The van der Waals surface area contributed by atoms with Crippen LogP contribution in [0.4, 0.5) is 0 Å². The minimum absolute atomic E-state index is 0.349. The molecule has 90 valence electrons. The largest absolute Gasteiger partial charge is 0.148 e. The van der Waals surface area contributed by atoms with E-state index in [1.165, 1.54) is 14.9 Å². The summed E-state index contributed by atoms with van der Waals surface area (Å²) in [5, 5.41) is 2.10. The van der Waals surface area contributed by atoms with Crippen LogP contribution in [0.25, 0.3) is 0 Å². The van der Waals surface area contributed by atoms with E-state index in [0.717, 1.165) is 10.9 Å². The van der Waals surface area contributed by atoms with Crippen LogP contribution >= 0.6 is 54.8 Å². The van der Waals surface area contributed by atoms with E-state index < -0.39 is 0 Å². The van der Waals surface area contributed by atoms with Crippen LogP contribution in [0.1, 0.15) is 16.4 Å². The lowest BCUT2D eigenvalue weighted by molar-refractivity contribution is 0.770. The Morgan fingerprint density at radius 1 is 1.12 bits per heavy atom. The highest BCUT2D eigenvalue weighted by Gasteiger charge is 2.16. The molecule has 17 heavy (non-hydrogen) atoms. The second-order valence-corrected chi connectivity index (χ2v) is 6.79. The van der Waals surface area contributed by atoms with E-state index in [1.54, 1.807) is 11.3 Å². The first kappa shape index (κ1) is 13.6. The van der Waals surface area contributed by atoms with E-state index in [4.69, 9.17) is 11.6 Å². The number of benzene rings is 1. The maximum atomic E-state index is 6.11. The highest BCUT2D eigenvalue weighted by molar-refractivity contribution is 9.10. The van der Waals surface area contributed by atoms with Crippen molar-refractivity contribution in [2.24, 2.45) is 0 Å². The zero-order valence-corrected chi connectivity index (χ0v) is 13.7. The van der Waals surface area contributed by atoms with E-state index in [1.807, 2.05) is 6.07 Å². The average Bonchev–Trinajstić information content (AvgIpc) is 2.73. The van der Waals surface area contributed by atoms with E-state index in [9.17, 15) is 0 Å². The SMILES string of the molecule is ClCC(Cc1sccc1Br)c1ccccc1Br. The fraction of sp³-hybridized carbons (Fsp3) is 0.231. The molecule has 0 saturated heterocycles. The van der Waals surface area contributed by atoms with Crippen molar-refractivity contribution < 1.29 is 0 Å². The Balaban J connectivity index is 2.23. The summed E-state index contributed by atoms with van der Waals surface area (Å²) < 4.78 is 2.32. The van der Waals surface area contributed by atoms with Crippen LogP contribution in [0, 0.1) is 0 Å². The van der Waals surface area contributed by atoms with Crippen LogP contribution in [0.3, 0.4) is 0 Å². The molecule has 1 aromatic heterocycles. The fourth-order valence-corrected chi connectivity index (χ4v) is 4.23. The predicted molar refractivity (Wildman–Crippen MR) is 83.3 cm³/mol. The van der Waals surface area contributed by atoms with Crippen LogP contribution < -0.4 is 0 Å². The molecular formula is C13H11Br2ClS. The van der Waals surface area contributed by atoms with Gasteiger partial charge in [-0.05, 0) is 45.4 Å². The van der Waals surface area contributed by atoms with Gasteiger partial charge >= 0.3 is 0 Å². The minimum Gasteiger partial charge on any atom is -0.148 e. The molecule has 0 aliphatic rings. The molecule has 2 rings (SSSR count). The number of thiophene rings is 1. The Hall–Kier alpha value is 0.170. The fourth-order valence-electron chi connectivity index (χ4n) is 1.75. The first-order valence-corrected chi connectivity index (χ1v) is 8.24. The molecular weight excluding hydrogens is 383 g/mol. The van der Waals surface area contributed by atoms with Crippen molar-refractivity contribution in [2.75, 3.05) is 5.88 Å². The summed E-state index contributed by atoms with van der Waals surface area (Å²) in [7, 11) is 0. The Bertz CT molecular complexity index is 496. The second kappa shape index (κ2) is 6.37. The lowest BCUT2D eigenvalue weighted by atomic mass is 9.97. The molecule has 0 amide bonds. The lowest BCUT2D eigenvalue weighted by Crippen LogP contribution is -2.04. The Morgan fingerprint density at radius 2 is 1.88 bits per heavy atom. The van der Waals surface area contributed by atoms with E-state index >= 15 is 0 Å². The summed E-state index contributed by atoms with van der Waals surface area (Å²) >= 11 is 15.0. The number of halogens is 3. The molecule has 0 bridgehead atoms. The highest BCUT2D eigenvalue weighted by atomic mass is 79.9. The monoisotopic (exact) mass is 392 g/mol. The Kier molecular flexibility index (Phi) is 5.10. The van der Waals surface area contributed by atoms with Crippen molar-refractivity contribution >= 4 is 54.8 Å². The molecule has 1 aromatic carbocycles. The van der Waals surface area contributed by atoms with Crippen LogP contribution in [-0.4, -0.2) is 5.88 Å². The molecule has 0 fully saturated rings. The van der Waals surface area contributed by atoms with Gasteiger partial charge in [-0.2, -0.15) is 0 Å². The Morgan fingerprint density at radius 3 is 2.47 bits per heavy atom. The van der Waals surface area contributed by atoms with Crippen molar-refractivity contribution in [1.82, 2.24) is 0 Å². The van der Waals surface area contributed by atoms with E-state index in [2.05, 4.69) is 61.5 Å². The normalized spacial score (nSPS) is 12.6. The third-order valence-corrected chi connectivity index (χ3v) is 5.70. The molecule has 0 saturated carbocycles. The van der Waals surface area contributed by atoms with Crippen LogP contribution in [-0.2, 0) is 6.42 Å². The third-order valence-electron chi connectivity index (χ3n) is 2.65. The predicted octanol–water partition coefficient (Wildman–Crippen LogP) is 5.84. The number of alkyl halides is 1. The lowest BCUT2D eigenvalue weighted by Gasteiger charge is -2.15. The molecule has 0 aliphatic carbocycles. The highest BCUT2D eigenvalue weighted by Crippen LogP contribution is 2.33. The zero-order chi connectivity index (χ0) is 12.3. The van der Waals surface area contributed by atoms with Gasteiger partial charge < -0.3 is 0 Å². The van der Waals surface area contributed by atoms with Gasteiger partial charge in [0.05, 0.1) is 0 Å². The molecule has 0 spiro atoms. The molecule has 1 unspecified atom stereocenters. The summed E-state index contributed by atoms with van der Waals surface area (Å²) in [5.41, 5.74) is 1.28. The van der Waals surface area contributed by atoms with Crippen molar-refractivity contribution in [2.45, 2.75) is 12.3 Å². The average molecular weight is 395 g/mol. The summed E-state index contributed by atoms with van der Waals surface area (Å²) in [6.45, 7) is 0. The van der Waals surface area contributed by atoms with Crippen molar-refractivity contribution in [3.63, 3.8) is 0 Å². The van der Waals surface area contributed by atoms with Crippen molar-refractivity contribution in [1.29, 1.82) is 0 Å². The van der Waals surface area contributed by atoms with Crippen LogP contribution in [0.15, 0.2) is 44.7 Å². The van der Waals surface area contributed by atoms with Gasteiger partial charge in [-0.3, -0.25) is 0 Å².